The summed E-state index contributed by atoms with van der Waals surface area (Å²) in [6.45, 7) is 3.85. The van der Waals surface area contributed by atoms with Crippen molar-refractivity contribution in [3.8, 4) is 0 Å². The minimum absolute atomic E-state index is 0.312. The SMILES string of the molecule is Cc1cc(CC(C)(C(=O)O)C2CC2)c2ccccc2n1. The molecule has 0 aliphatic heterocycles. The highest BCUT2D eigenvalue weighted by Gasteiger charge is 2.47. The Morgan fingerprint density at radius 2 is 2.10 bits per heavy atom. The van der Waals surface area contributed by atoms with Crippen LogP contribution in [0.3, 0.4) is 0 Å². The number of pyridine rings is 1. The van der Waals surface area contributed by atoms with Gasteiger partial charge in [-0.2, -0.15) is 0 Å². The smallest absolute Gasteiger partial charge is 0.309 e. The maximum absolute atomic E-state index is 11.7. The van der Waals surface area contributed by atoms with E-state index in [1.807, 2.05) is 44.2 Å². The fourth-order valence-electron chi connectivity index (χ4n) is 3.05. The van der Waals surface area contributed by atoms with E-state index in [4.69, 9.17) is 0 Å². The number of carbonyl (C=O) groups is 1. The molecule has 0 bridgehead atoms. The van der Waals surface area contributed by atoms with Gasteiger partial charge in [-0.3, -0.25) is 9.78 Å². The number of aryl methyl sites for hydroxylation is 1. The average Bonchev–Trinajstić information content (AvgIpc) is 3.22. The van der Waals surface area contributed by atoms with Crippen LogP contribution in [-0.4, -0.2) is 16.1 Å². The van der Waals surface area contributed by atoms with Crippen molar-refractivity contribution in [1.82, 2.24) is 4.98 Å². The van der Waals surface area contributed by atoms with E-state index in [0.29, 0.717) is 12.3 Å². The summed E-state index contributed by atoms with van der Waals surface area (Å²) in [5.74, 6) is -0.370. The van der Waals surface area contributed by atoms with E-state index in [0.717, 1.165) is 35.0 Å². The molecule has 0 spiro atoms. The molecule has 3 rings (SSSR count). The van der Waals surface area contributed by atoms with Crippen LogP contribution in [0, 0.1) is 18.3 Å². The molecule has 0 amide bonds. The Kier molecular flexibility index (Phi) is 3.00. The summed E-state index contributed by atoms with van der Waals surface area (Å²) >= 11 is 0. The lowest BCUT2D eigenvalue weighted by atomic mass is 9.78. The largest absolute Gasteiger partial charge is 0.481 e. The highest BCUT2D eigenvalue weighted by Crippen LogP contribution is 2.48. The maximum Gasteiger partial charge on any atom is 0.309 e. The number of benzene rings is 1. The van der Waals surface area contributed by atoms with Crippen LogP contribution in [0.2, 0.25) is 0 Å². The van der Waals surface area contributed by atoms with E-state index < -0.39 is 11.4 Å². The van der Waals surface area contributed by atoms with E-state index in [9.17, 15) is 9.90 Å². The van der Waals surface area contributed by atoms with E-state index in [-0.39, 0.29) is 0 Å². The molecule has 1 fully saturated rings. The average molecular weight is 269 g/mol. The van der Waals surface area contributed by atoms with E-state index in [1.54, 1.807) is 0 Å². The summed E-state index contributed by atoms with van der Waals surface area (Å²) in [6, 6.07) is 10.0. The summed E-state index contributed by atoms with van der Waals surface area (Å²) < 4.78 is 0. The molecule has 3 heteroatoms. The highest BCUT2D eigenvalue weighted by atomic mass is 16.4. The second kappa shape index (κ2) is 4.58. The summed E-state index contributed by atoms with van der Waals surface area (Å²) in [7, 11) is 0. The number of rotatable bonds is 4. The highest BCUT2D eigenvalue weighted by molar-refractivity contribution is 5.84. The number of carboxylic acid groups (broad SMARTS) is 1. The number of nitrogens with zero attached hydrogens (tertiary/aromatic N) is 1. The molecular weight excluding hydrogens is 250 g/mol. The van der Waals surface area contributed by atoms with Crippen molar-refractivity contribution in [3.63, 3.8) is 0 Å². The van der Waals surface area contributed by atoms with Gasteiger partial charge in [0.2, 0.25) is 0 Å². The normalized spacial score (nSPS) is 17.9. The summed E-state index contributed by atoms with van der Waals surface area (Å²) in [5.41, 5.74) is 2.34. The molecular formula is C17H19NO2. The predicted molar refractivity (Wildman–Crippen MR) is 78.7 cm³/mol. The van der Waals surface area contributed by atoms with Gasteiger partial charge < -0.3 is 5.11 Å². The van der Waals surface area contributed by atoms with Gasteiger partial charge in [0.25, 0.3) is 0 Å². The van der Waals surface area contributed by atoms with Crippen LogP contribution in [0.25, 0.3) is 10.9 Å². The molecule has 1 aliphatic carbocycles. The third-order valence-corrected chi connectivity index (χ3v) is 4.45. The van der Waals surface area contributed by atoms with Crippen molar-refractivity contribution < 1.29 is 9.90 Å². The minimum atomic E-state index is -0.682. The summed E-state index contributed by atoms with van der Waals surface area (Å²) in [4.78, 5) is 16.2. The van der Waals surface area contributed by atoms with Crippen molar-refractivity contribution in [2.75, 3.05) is 0 Å². The Bertz CT molecular complexity index is 676. The van der Waals surface area contributed by atoms with Gasteiger partial charge in [0.05, 0.1) is 10.9 Å². The number of para-hydroxylation sites is 1. The fraction of sp³-hybridized carbons (Fsp3) is 0.412. The topological polar surface area (TPSA) is 50.2 Å². The lowest BCUT2D eigenvalue weighted by molar-refractivity contribution is -0.149. The Labute approximate surface area is 118 Å². The number of fused-ring (bicyclic) bond motifs is 1. The monoisotopic (exact) mass is 269 g/mol. The van der Waals surface area contributed by atoms with Crippen LogP contribution in [0.4, 0.5) is 0 Å². The molecule has 1 aromatic heterocycles. The van der Waals surface area contributed by atoms with Gasteiger partial charge in [-0.25, -0.2) is 0 Å². The summed E-state index contributed by atoms with van der Waals surface area (Å²) in [5, 5.41) is 10.7. The molecule has 3 nitrogen and oxygen atoms in total. The van der Waals surface area contributed by atoms with Gasteiger partial charge in [0.1, 0.15) is 0 Å². The van der Waals surface area contributed by atoms with Crippen LogP contribution in [-0.2, 0) is 11.2 Å². The van der Waals surface area contributed by atoms with Gasteiger partial charge in [0.15, 0.2) is 0 Å². The molecule has 1 saturated carbocycles. The van der Waals surface area contributed by atoms with Crippen molar-refractivity contribution in [3.05, 3.63) is 41.6 Å². The van der Waals surface area contributed by atoms with Crippen LogP contribution in [0.5, 0.6) is 0 Å². The Morgan fingerprint density at radius 3 is 2.75 bits per heavy atom. The zero-order valence-corrected chi connectivity index (χ0v) is 11.9. The number of hydrogen-bond donors (Lipinski definition) is 1. The molecule has 0 radical (unpaired) electrons. The Morgan fingerprint density at radius 1 is 1.40 bits per heavy atom. The first-order chi connectivity index (χ1) is 9.50. The molecule has 0 saturated heterocycles. The standard InChI is InChI=1S/C17H19NO2/c1-11-9-12(14-5-3-4-6-15(14)18-11)10-17(2,16(19)20)13-7-8-13/h3-6,9,13H,7-8,10H2,1-2H3,(H,19,20). The van der Waals surface area contributed by atoms with Crippen LogP contribution in [0.15, 0.2) is 30.3 Å². The minimum Gasteiger partial charge on any atom is -0.481 e. The van der Waals surface area contributed by atoms with Crippen LogP contribution < -0.4 is 0 Å². The van der Waals surface area contributed by atoms with Crippen LogP contribution >= 0.6 is 0 Å². The van der Waals surface area contributed by atoms with Crippen LogP contribution in [0.1, 0.15) is 31.0 Å². The number of aromatic nitrogens is 1. The van der Waals surface area contributed by atoms with Gasteiger partial charge in [-0.1, -0.05) is 18.2 Å². The molecule has 1 N–H and O–H groups in total. The molecule has 1 aromatic carbocycles. The fourth-order valence-corrected chi connectivity index (χ4v) is 3.05. The van der Waals surface area contributed by atoms with Gasteiger partial charge in [-0.05, 0) is 56.7 Å². The van der Waals surface area contributed by atoms with Gasteiger partial charge in [-0.15, -0.1) is 0 Å². The Balaban J connectivity index is 2.08. The van der Waals surface area contributed by atoms with E-state index >= 15 is 0 Å². The number of hydrogen-bond acceptors (Lipinski definition) is 2. The van der Waals surface area contributed by atoms with Crippen molar-refractivity contribution in [2.24, 2.45) is 11.3 Å². The lowest BCUT2D eigenvalue weighted by Gasteiger charge is -2.25. The Hall–Kier alpha value is -1.90. The third kappa shape index (κ3) is 2.17. The molecule has 1 unspecified atom stereocenters. The predicted octanol–water partition coefficient (Wildman–Crippen LogP) is 3.59. The van der Waals surface area contributed by atoms with E-state index in [2.05, 4.69) is 4.98 Å². The molecule has 20 heavy (non-hydrogen) atoms. The van der Waals surface area contributed by atoms with Crippen molar-refractivity contribution in [2.45, 2.75) is 33.1 Å². The quantitative estimate of drug-likeness (QED) is 0.922. The van der Waals surface area contributed by atoms with Gasteiger partial charge >= 0.3 is 5.97 Å². The molecule has 2 aromatic rings. The van der Waals surface area contributed by atoms with E-state index in [1.165, 1.54) is 0 Å². The first-order valence-electron chi connectivity index (χ1n) is 7.09. The lowest BCUT2D eigenvalue weighted by Crippen LogP contribution is -2.32. The molecule has 1 atom stereocenters. The van der Waals surface area contributed by atoms with Crippen molar-refractivity contribution in [1.29, 1.82) is 0 Å². The molecule has 104 valence electrons. The first kappa shape index (κ1) is 13.1. The first-order valence-corrected chi connectivity index (χ1v) is 7.09. The second-order valence-electron chi connectivity index (χ2n) is 6.11. The zero-order valence-electron chi connectivity index (χ0n) is 11.9. The van der Waals surface area contributed by atoms with Crippen molar-refractivity contribution >= 4 is 16.9 Å². The molecule has 1 aliphatic rings. The number of aliphatic carboxylic acids is 1. The molecule has 1 heterocycles. The zero-order chi connectivity index (χ0) is 14.3. The summed E-state index contributed by atoms with van der Waals surface area (Å²) in [6.07, 6.45) is 2.65. The third-order valence-electron chi connectivity index (χ3n) is 4.45. The maximum atomic E-state index is 11.7. The van der Waals surface area contributed by atoms with Gasteiger partial charge in [0, 0.05) is 11.1 Å². The second-order valence-corrected chi connectivity index (χ2v) is 6.11. The number of carboxylic acids is 1.